The lowest BCUT2D eigenvalue weighted by atomic mass is 10.2. The smallest absolute Gasteiger partial charge is 0.276 e. The van der Waals surface area contributed by atoms with Gasteiger partial charge in [0.1, 0.15) is 6.61 Å². The van der Waals surface area contributed by atoms with Crippen molar-refractivity contribution in [2.24, 2.45) is 0 Å². The van der Waals surface area contributed by atoms with Gasteiger partial charge in [0.2, 0.25) is 0 Å². The van der Waals surface area contributed by atoms with Crippen LogP contribution in [0.5, 0.6) is 5.75 Å². The number of para-hydroxylation sites is 1. The predicted molar refractivity (Wildman–Crippen MR) is 68.8 cm³/mol. The standard InChI is InChI=1S/C13H9ClFNO3/c14-10-5-6-12(16(17)18)9(7-10)8-19-13-4-2-1-3-11(13)15/h1-7H,8H2. The van der Waals surface area contributed by atoms with Crippen molar-refractivity contribution < 1.29 is 14.1 Å². The van der Waals surface area contributed by atoms with Crippen molar-refractivity contribution in [2.45, 2.75) is 6.61 Å². The van der Waals surface area contributed by atoms with E-state index < -0.39 is 10.7 Å². The van der Waals surface area contributed by atoms with E-state index in [2.05, 4.69) is 0 Å². The first-order chi connectivity index (χ1) is 9.08. The molecule has 4 nitrogen and oxygen atoms in total. The molecule has 0 bridgehead atoms. The molecule has 0 saturated heterocycles. The van der Waals surface area contributed by atoms with E-state index in [9.17, 15) is 14.5 Å². The molecule has 0 saturated carbocycles. The summed E-state index contributed by atoms with van der Waals surface area (Å²) >= 11 is 5.78. The van der Waals surface area contributed by atoms with Crippen LogP contribution in [-0.2, 0) is 6.61 Å². The Kier molecular flexibility index (Phi) is 3.97. The molecule has 0 aliphatic carbocycles. The number of ether oxygens (including phenoxy) is 1. The van der Waals surface area contributed by atoms with Gasteiger partial charge in [0.15, 0.2) is 11.6 Å². The van der Waals surface area contributed by atoms with Gasteiger partial charge in [-0.05, 0) is 24.3 Å². The average molecular weight is 282 g/mol. The quantitative estimate of drug-likeness (QED) is 0.629. The van der Waals surface area contributed by atoms with Gasteiger partial charge in [0.25, 0.3) is 5.69 Å². The van der Waals surface area contributed by atoms with E-state index >= 15 is 0 Å². The number of nitrogens with zero attached hydrogens (tertiary/aromatic N) is 1. The zero-order valence-corrected chi connectivity index (χ0v) is 10.4. The number of halogens is 2. The van der Waals surface area contributed by atoms with Gasteiger partial charge in [-0.1, -0.05) is 23.7 Å². The highest BCUT2D eigenvalue weighted by Gasteiger charge is 2.15. The summed E-state index contributed by atoms with van der Waals surface area (Å²) in [5.74, 6) is -0.482. The fourth-order valence-corrected chi connectivity index (χ4v) is 1.76. The molecule has 0 aliphatic heterocycles. The number of nitro benzene ring substituents is 1. The van der Waals surface area contributed by atoms with Crippen molar-refractivity contribution in [3.8, 4) is 5.75 Å². The maximum Gasteiger partial charge on any atom is 0.276 e. The lowest BCUT2D eigenvalue weighted by molar-refractivity contribution is -0.385. The van der Waals surface area contributed by atoms with E-state index in [1.807, 2.05) is 0 Å². The van der Waals surface area contributed by atoms with Gasteiger partial charge in [-0.15, -0.1) is 0 Å². The maximum absolute atomic E-state index is 13.3. The molecule has 6 heteroatoms. The maximum atomic E-state index is 13.3. The van der Waals surface area contributed by atoms with E-state index in [-0.39, 0.29) is 18.0 Å². The third-order valence-electron chi connectivity index (χ3n) is 2.46. The normalized spacial score (nSPS) is 10.2. The van der Waals surface area contributed by atoms with Crippen molar-refractivity contribution >= 4 is 17.3 Å². The number of hydrogen-bond donors (Lipinski definition) is 0. The molecule has 98 valence electrons. The number of hydrogen-bond acceptors (Lipinski definition) is 3. The fourth-order valence-electron chi connectivity index (χ4n) is 1.57. The first-order valence-electron chi connectivity index (χ1n) is 5.38. The monoisotopic (exact) mass is 281 g/mol. The first kappa shape index (κ1) is 13.3. The highest BCUT2D eigenvalue weighted by Crippen LogP contribution is 2.25. The Labute approximate surface area is 113 Å². The summed E-state index contributed by atoms with van der Waals surface area (Å²) in [4.78, 5) is 10.3. The minimum atomic E-state index is -0.531. The van der Waals surface area contributed by atoms with Gasteiger partial charge in [-0.25, -0.2) is 4.39 Å². The number of rotatable bonds is 4. The van der Waals surface area contributed by atoms with Crippen LogP contribution >= 0.6 is 11.6 Å². The lowest BCUT2D eigenvalue weighted by Gasteiger charge is -2.07. The second-order valence-electron chi connectivity index (χ2n) is 3.75. The molecule has 0 aromatic heterocycles. The summed E-state index contributed by atoms with van der Waals surface area (Å²) in [6.45, 7) is -0.127. The Balaban J connectivity index is 2.22. The Morgan fingerprint density at radius 2 is 2.00 bits per heavy atom. The van der Waals surface area contributed by atoms with Gasteiger partial charge < -0.3 is 4.74 Å². The van der Waals surface area contributed by atoms with Gasteiger partial charge in [-0.3, -0.25) is 10.1 Å². The van der Waals surface area contributed by atoms with E-state index in [0.29, 0.717) is 10.6 Å². The molecular weight excluding hydrogens is 273 g/mol. The van der Waals surface area contributed by atoms with Crippen LogP contribution in [0, 0.1) is 15.9 Å². The molecule has 0 unspecified atom stereocenters. The van der Waals surface area contributed by atoms with E-state index in [1.165, 1.54) is 36.4 Å². The van der Waals surface area contributed by atoms with Gasteiger partial charge >= 0.3 is 0 Å². The van der Waals surface area contributed by atoms with Crippen LogP contribution in [0.15, 0.2) is 42.5 Å². The van der Waals surface area contributed by atoms with Crippen LogP contribution in [0.25, 0.3) is 0 Å². The Morgan fingerprint density at radius 1 is 1.26 bits per heavy atom. The van der Waals surface area contributed by atoms with E-state index in [1.54, 1.807) is 6.07 Å². The van der Waals surface area contributed by atoms with E-state index in [0.717, 1.165) is 0 Å². The molecular formula is C13H9ClFNO3. The van der Waals surface area contributed by atoms with Gasteiger partial charge in [-0.2, -0.15) is 0 Å². The molecule has 0 atom stereocenters. The summed E-state index contributed by atoms with van der Waals surface area (Å²) in [6, 6.07) is 10.00. The highest BCUT2D eigenvalue weighted by atomic mass is 35.5. The van der Waals surface area contributed by atoms with Crippen LogP contribution in [0.4, 0.5) is 10.1 Å². The van der Waals surface area contributed by atoms with Gasteiger partial charge in [0.05, 0.1) is 10.5 Å². The van der Waals surface area contributed by atoms with Crippen molar-refractivity contribution in [3.63, 3.8) is 0 Å². The minimum Gasteiger partial charge on any atom is -0.486 e. The third kappa shape index (κ3) is 3.20. The lowest BCUT2D eigenvalue weighted by Crippen LogP contribution is -2.01. The van der Waals surface area contributed by atoms with Crippen LogP contribution in [0.2, 0.25) is 5.02 Å². The minimum absolute atomic E-state index is 0.0387. The second-order valence-corrected chi connectivity index (χ2v) is 4.19. The zero-order chi connectivity index (χ0) is 13.8. The first-order valence-corrected chi connectivity index (χ1v) is 5.76. The molecule has 0 fully saturated rings. The summed E-state index contributed by atoms with van der Waals surface area (Å²) in [5.41, 5.74) is 0.182. The average Bonchev–Trinajstić information content (AvgIpc) is 2.37. The molecule has 0 radical (unpaired) electrons. The summed E-state index contributed by atoms with van der Waals surface area (Å²) in [5, 5.41) is 11.2. The van der Waals surface area contributed by atoms with Crippen molar-refractivity contribution in [3.05, 3.63) is 69.0 Å². The summed E-state index contributed by atoms with van der Waals surface area (Å²) in [6.07, 6.45) is 0. The zero-order valence-electron chi connectivity index (χ0n) is 9.68. The molecule has 2 aromatic rings. The Morgan fingerprint density at radius 3 is 2.68 bits per heavy atom. The van der Waals surface area contributed by atoms with Crippen molar-refractivity contribution in [2.75, 3.05) is 0 Å². The summed E-state index contributed by atoms with van der Waals surface area (Å²) in [7, 11) is 0. The Hall–Kier alpha value is -2.14. The topological polar surface area (TPSA) is 52.4 Å². The molecule has 0 spiro atoms. The molecule has 2 rings (SSSR count). The molecule has 0 aliphatic rings. The molecule has 0 heterocycles. The van der Waals surface area contributed by atoms with Crippen LogP contribution < -0.4 is 4.74 Å². The fraction of sp³-hybridized carbons (Fsp3) is 0.0769. The van der Waals surface area contributed by atoms with Gasteiger partial charge in [0, 0.05) is 11.1 Å². The largest absolute Gasteiger partial charge is 0.486 e. The molecule has 0 N–H and O–H groups in total. The number of nitro groups is 1. The predicted octanol–water partition coefficient (Wildman–Crippen LogP) is 3.97. The van der Waals surface area contributed by atoms with Crippen LogP contribution in [0.3, 0.4) is 0 Å². The Bertz CT molecular complexity index is 619. The van der Waals surface area contributed by atoms with Crippen molar-refractivity contribution in [1.82, 2.24) is 0 Å². The SMILES string of the molecule is O=[N+]([O-])c1ccc(Cl)cc1COc1ccccc1F. The van der Waals surface area contributed by atoms with Crippen LogP contribution in [-0.4, -0.2) is 4.92 Å². The third-order valence-corrected chi connectivity index (χ3v) is 2.69. The molecule has 0 amide bonds. The number of benzene rings is 2. The molecule has 19 heavy (non-hydrogen) atoms. The van der Waals surface area contributed by atoms with Crippen LogP contribution in [0.1, 0.15) is 5.56 Å². The molecule has 2 aromatic carbocycles. The van der Waals surface area contributed by atoms with Crippen molar-refractivity contribution in [1.29, 1.82) is 0 Å². The van der Waals surface area contributed by atoms with E-state index in [4.69, 9.17) is 16.3 Å². The summed E-state index contributed by atoms with van der Waals surface area (Å²) < 4.78 is 18.6. The second kappa shape index (κ2) is 5.67. The highest BCUT2D eigenvalue weighted by molar-refractivity contribution is 6.30.